The Hall–Kier alpha value is -2.75. The van der Waals surface area contributed by atoms with Gasteiger partial charge in [0.2, 0.25) is 21.8 Å². The normalized spacial score (nSPS) is 19.6. The molecule has 1 unspecified atom stereocenters. The first kappa shape index (κ1) is 23.4. The van der Waals surface area contributed by atoms with Gasteiger partial charge in [-0.2, -0.15) is 4.31 Å². The topological polar surface area (TPSA) is 96.0 Å². The van der Waals surface area contributed by atoms with Crippen molar-refractivity contribution in [1.82, 2.24) is 9.21 Å². The van der Waals surface area contributed by atoms with E-state index in [1.165, 1.54) is 22.0 Å². The van der Waals surface area contributed by atoms with Crippen molar-refractivity contribution in [2.45, 2.75) is 24.7 Å². The molecule has 4 rings (SSSR count). The molecule has 2 amide bonds. The monoisotopic (exact) mass is 471 g/mol. The molecule has 0 spiro atoms. The van der Waals surface area contributed by atoms with Crippen molar-refractivity contribution in [2.24, 2.45) is 5.92 Å². The third-order valence-electron chi connectivity index (χ3n) is 6.11. The number of benzene rings is 2. The number of ether oxygens (including phenoxy) is 1. The highest BCUT2D eigenvalue weighted by Crippen LogP contribution is 2.23. The second kappa shape index (κ2) is 10.0. The minimum atomic E-state index is -3.58. The summed E-state index contributed by atoms with van der Waals surface area (Å²) in [5.74, 6) is -0.675. The summed E-state index contributed by atoms with van der Waals surface area (Å²) in [7, 11) is -3.58. The molecule has 0 aromatic heterocycles. The number of likely N-dealkylation sites (tertiary alicyclic amines) is 1. The van der Waals surface area contributed by atoms with Crippen LogP contribution < -0.4 is 5.32 Å². The van der Waals surface area contributed by atoms with Gasteiger partial charge < -0.3 is 15.0 Å². The number of hydrogen-bond acceptors (Lipinski definition) is 5. The minimum absolute atomic E-state index is 0.0192. The van der Waals surface area contributed by atoms with E-state index >= 15 is 0 Å². The van der Waals surface area contributed by atoms with E-state index in [1.807, 2.05) is 6.92 Å². The summed E-state index contributed by atoms with van der Waals surface area (Å²) in [4.78, 5) is 27.0. The van der Waals surface area contributed by atoms with Crippen molar-refractivity contribution < 1.29 is 22.7 Å². The maximum atomic E-state index is 12.7. The molecule has 0 aliphatic carbocycles. The summed E-state index contributed by atoms with van der Waals surface area (Å²) in [5, 5.41) is 2.82. The Kier molecular flexibility index (Phi) is 7.11. The van der Waals surface area contributed by atoms with Crippen LogP contribution in [0.25, 0.3) is 0 Å². The number of nitrogens with one attached hydrogen (secondary N) is 1. The number of carbonyl (C=O) groups is 2. The van der Waals surface area contributed by atoms with E-state index < -0.39 is 15.9 Å². The number of aryl methyl sites for hydroxylation is 1. The van der Waals surface area contributed by atoms with Crippen molar-refractivity contribution >= 4 is 27.5 Å². The number of nitrogens with zero attached hydrogens (tertiary/aromatic N) is 2. The third kappa shape index (κ3) is 5.61. The zero-order valence-electron chi connectivity index (χ0n) is 18.7. The predicted molar refractivity (Wildman–Crippen MR) is 124 cm³/mol. The fourth-order valence-electron chi connectivity index (χ4n) is 4.07. The van der Waals surface area contributed by atoms with Crippen molar-refractivity contribution in [1.29, 1.82) is 0 Å². The fraction of sp³-hybridized carbons (Fsp3) is 0.417. The standard InChI is InChI=1S/C24H29N3O5S/c1-18-2-4-19(5-3-18)10-11-26-17-20(16-23(26)28)24(29)25-21-6-8-22(9-7-21)33(30,31)27-12-14-32-15-13-27/h2-9,20H,10-17H2,1H3,(H,25,29). The lowest BCUT2D eigenvalue weighted by atomic mass is 10.1. The molecule has 2 aliphatic heterocycles. The Morgan fingerprint density at radius 1 is 1.06 bits per heavy atom. The Balaban J connectivity index is 1.31. The number of carbonyl (C=O) groups excluding carboxylic acids is 2. The Bertz CT molecular complexity index is 1090. The molecule has 1 N–H and O–H groups in total. The Morgan fingerprint density at radius 3 is 2.39 bits per heavy atom. The molecular weight excluding hydrogens is 442 g/mol. The SMILES string of the molecule is Cc1ccc(CCN2CC(C(=O)Nc3ccc(S(=O)(=O)N4CCOCC4)cc3)CC2=O)cc1. The Labute approximate surface area is 194 Å². The van der Waals surface area contributed by atoms with Gasteiger partial charge >= 0.3 is 0 Å². The number of anilines is 1. The number of sulfonamides is 1. The highest BCUT2D eigenvalue weighted by Gasteiger charge is 2.34. The molecule has 0 saturated carbocycles. The van der Waals surface area contributed by atoms with Gasteiger partial charge in [0, 0.05) is 38.3 Å². The van der Waals surface area contributed by atoms with Crippen LogP contribution in [0.2, 0.25) is 0 Å². The van der Waals surface area contributed by atoms with Gasteiger partial charge in [-0.1, -0.05) is 29.8 Å². The summed E-state index contributed by atoms with van der Waals surface area (Å²) in [6.45, 7) is 4.44. The zero-order valence-corrected chi connectivity index (χ0v) is 19.5. The summed E-state index contributed by atoms with van der Waals surface area (Å²) in [6, 6.07) is 14.4. The van der Waals surface area contributed by atoms with Crippen LogP contribution in [-0.2, 0) is 30.8 Å². The van der Waals surface area contributed by atoms with Crippen molar-refractivity contribution in [3.8, 4) is 0 Å². The van der Waals surface area contributed by atoms with Crippen LogP contribution in [0.4, 0.5) is 5.69 Å². The van der Waals surface area contributed by atoms with E-state index in [1.54, 1.807) is 17.0 Å². The minimum Gasteiger partial charge on any atom is -0.379 e. The van der Waals surface area contributed by atoms with E-state index in [2.05, 4.69) is 29.6 Å². The van der Waals surface area contributed by atoms with Crippen molar-refractivity contribution in [2.75, 3.05) is 44.7 Å². The van der Waals surface area contributed by atoms with Gasteiger partial charge in [-0.3, -0.25) is 9.59 Å². The summed E-state index contributed by atoms with van der Waals surface area (Å²) in [5.41, 5.74) is 2.86. The van der Waals surface area contributed by atoms with Gasteiger partial charge in [-0.05, 0) is 43.2 Å². The first-order valence-corrected chi connectivity index (χ1v) is 12.6. The summed E-state index contributed by atoms with van der Waals surface area (Å²) in [6.07, 6.45) is 0.933. The first-order chi connectivity index (χ1) is 15.8. The predicted octanol–water partition coefficient (Wildman–Crippen LogP) is 2.05. The van der Waals surface area contributed by atoms with E-state index in [0.717, 1.165) is 12.0 Å². The van der Waals surface area contributed by atoms with Gasteiger partial charge in [-0.25, -0.2) is 8.42 Å². The molecule has 0 bridgehead atoms. The quantitative estimate of drug-likeness (QED) is 0.667. The molecule has 9 heteroatoms. The summed E-state index contributed by atoms with van der Waals surface area (Å²) >= 11 is 0. The first-order valence-electron chi connectivity index (χ1n) is 11.1. The molecule has 8 nitrogen and oxygen atoms in total. The fourth-order valence-corrected chi connectivity index (χ4v) is 5.48. The van der Waals surface area contributed by atoms with Gasteiger partial charge in [0.25, 0.3) is 0 Å². The molecule has 33 heavy (non-hydrogen) atoms. The highest BCUT2D eigenvalue weighted by atomic mass is 32.2. The van der Waals surface area contributed by atoms with E-state index in [9.17, 15) is 18.0 Å². The zero-order chi connectivity index (χ0) is 23.4. The molecule has 2 aromatic carbocycles. The number of morpholine rings is 1. The van der Waals surface area contributed by atoms with Gasteiger partial charge in [0.15, 0.2) is 0 Å². The second-order valence-electron chi connectivity index (χ2n) is 8.51. The molecule has 2 aromatic rings. The van der Waals surface area contributed by atoms with Crippen LogP contribution in [0, 0.1) is 12.8 Å². The molecular formula is C24H29N3O5S. The molecule has 2 fully saturated rings. The average molecular weight is 472 g/mol. The molecule has 2 heterocycles. The van der Waals surface area contributed by atoms with Crippen molar-refractivity contribution in [3.63, 3.8) is 0 Å². The van der Waals surface area contributed by atoms with Crippen LogP contribution in [0.15, 0.2) is 53.4 Å². The Morgan fingerprint density at radius 2 is 1.73 bits per heavy atom. The second-order valence-corrected chi connectivity index (χ2v) is 10.4. The molecule has 0 radical (unpaired) electrons. The van der Waals surface area contributed by atoms with E-state index in [-0.39, 0.29) is 23.1 Å². The van der Waals surface area contributed by atoms with Gasteiger partial charge in [0.1, 0.15) is 0 Å². The van der Waals surface area contributed by atoms with Crippen molar-refractivity contribution in [3.05, 3.63) is 59.7 Å². The number of rotatable bonds is 7. The molecule has 176 valence electrons. The van der Waals surface area contributed by atoms with Gasteiger partial charge in [0.05, 0.1) is 24.0 Å². The number of hydrogen-bond donors (Lipinski definition) is 1. The third-order valence-corrected chi connectivity index (χ3v) is 8.02. The van der Waals surface area contributed by atoms with E-state index in [4.69, 9.17) is 4.74 Å². The van der Waals surface area contributed by atoms with Crippen LogP contribution in [0.5, 0.6) is 0 Å². The van der Waals surface area contributed by atoms with Gasteiger partial charge in [-0.15, -0.1) is 0 Å². The molecule has 2 saturated heterocycles. The van der Waals surface area contributed by atoms with Crippen LogP contribution in [0.1, 0.15) is 17.5 Å². The number of amides is 2. The van der Waals surface area contributed by atoms with E-state index in [0.29, 0.717) is 45.1 Å². The van der Waals surface area contributed by atoms with Crippen LogP contribution in [-0.4, -0.2) is 68.8 Å². The summed E-state index contributed by atoms with van der Waals surface area (Å²) < 4.78 is 32.1. The van der Waals surface area contributed by atoms with Crippen LogP contribution >= 0.6 is 0 Å². The smallest absolute Gasteiger partial charge is 0.243 e. The average Bonchev–Trinajstić information content (AvgIpc) is 3.20. The highest BCUT2D eigenvalue weighted by molar-refractivity contribution is 7.89. The maximum absolute atomic E-state index is 12.7. The lowest BCUT2D eigenvalue weighted by Crippen LogP contribution is -2.40. The molecule has 2 aliphatic rings. The molecule has 1 atom stereocenters. The maximum Gasteiger partial charge on any atom is 0.243 e. The lowest BCUT2D eigenvalue weighted by Gasteiger charge is -2.26. The lowest BCUT2D eigenvalue weighted by molar-refractivity contribution is -0.128. The largest absolute Gasteiger partial charge is 0.379 e. The van der Waals surface area contributed by atoms with Crippen LogP contribution in [0.3, 0.4) is 0 Å².